The van der Waals surface area contributed by atoms with Crippen LogP contribution in [0.4, 0.5) is 8.78 Å². The van der Waals surface area contributed by atoms with E-state index in [0.29, 0.717) is 18.8 Å². The van der Waals surface area contributed by atoms with Crippen LogP contribution in [0.5, 0.6) is 0 Å². The number of piperidine rings is 1. The third-order valence-electron chi connectivity index (χ3n) is 5.32. The summed E-state index contributed by atoms with van der Waals surface area (Å²) in [6.45, 7) is 2.04. The van der Waals surface area contributed by atoms with E-state index >= 15 is 0 Å². The highest BCUT2D eigenvalue weighted by atomic mass is 19.1. The van der Waals surface area contributed by atoms with E-state index < -0.39 is 0 Å². The Morgan fingerprint density at radius 2 is 2.04 bits per heavy atom. The first-order valence-corrected chi connectivity index (χ1v) is 8.47. The minimum atomic E-state index is -0.189. The molecule has 1 aliphatic heterocycles. The monoisotopic (exact) mass is 313 g/mol. The van der Waals surface area contributed by atoms with E-state index in [2.05, 4.69) is 11.4 Å². The van der Waals surface area contributed by atoms with Crippen molar-refractivity contribution >= 4 is 0 Å². The van der Waals surface area contributed by atoms with Crippen LogP contribution in [0, 0.1) is 11.7 Å². The largest absolute Gasteiger partial charge is 0.316 e. The van der Waals surface area contributed by atoms with Crippen molar-refractivity contribution in [3.05, 3.63) is 70.3 Å². The van der Waals surface area contributed by atoms with E-state index in [0.717, 1.165) is 37.1 Å². The van der Waals surface area contributed by atoms with E-state index in [1.807, 2.05) is 12.1 Å². The number of halogens is 2. The summed E-state index contributed by atoms with van der Waals surface area (Å²) >= 11 is 0. The smallest absolute Gasteiger partial charge is 0.123 e. The molecule has 1 saturated heterocycles. The zero-order chi connectivity index (χ0) is 15.8. The zero-order valence-corrected chi connectivity index (χ0v) is 13.1. The van der Waals surface area contributed by atoms with Crippen LogP contribution in [-0.2, 0) is 6.42 Å². The fourth-order valence-corrected chi connectivity index (χ4v) is 4.25. The van der Waals surface area contributed by atoms with Crippen LogP contribution in [-0.4, -0.2) is 13.1 Å². The summed E-state index contributed by atoms with van der Waals surface area (Å²) in [5.74, 6) is 0.440. The first-order chi connectivity index (χ1) is 11.2. The molecule has 23 heavy (non-hydrogen) atoms. The number of hydrogen-bond donors (Lipinski definition) is 1. The summed E-state index contributed by atoms with van der Waals surface area (Å²) in [6.07, 6.45) is 9.02. The van der Waals surface area contributed by atoms with Crippen molar-refractivity contribution in [1.29, 1.82) is 0 Å². The predicted molar refractivity (Wildman–Crippen MR) is 88.4 cm³/mol. The summed E-state index contributed by atoms with van der Waals surface area (Å²) in [4.78, 5) is 0. The molecule has 1 aromatic rings. The summed E-state index contributed by atoms with van der Waals surface area (Å²) in [5, 5.41) is 3.49. The molecule has 3 aliphatic rings. The highest BCUT2D eigenvalue weighted by Gasteiger charge is 2.33. The quantitative estimate of drug-likeness (QED) is 0.800. The van der Waals surface area contributed by atoms with E-state index in [9.17, 15) is 8.78 Å². The molecule has 0 radical (unpaired) electrons. The van der Waals surface area contributed by atoms with Gasteiger partial charge in [0.25, 0.3) is 0 Å². The van der Waals surface area contributed by atoms with Crippen LogP contribution in [0.2, 0.25) is 0 Å². The molecule has 0 amide bonds. The molecule has 1 heterocycles. The second kappa shape index (κ2) is 6.04. The van der Waals surface area contributed by atoms with Gasteiger partial charge in [-0.3, -0.25) is 0 Å². The summed E-state index contributed by atoms with van der Waals surface area (Å²) in [5.41, 5.74) is 4.57. The highest BCUT2D eigenvalue weighted by molar-refractivity contribution is 5.53. The van der Waals surface area contributed by atoms with Gasteiger partial charge in [-0.25, -0.2) is 8.78 Å². The Labute approximate surface area is 135 Å². The summed E-state index contributed by atoms with van der Waals surface area (Å²) in [6, 6.07) is 5.15. The van der Waals surface area contributed by atoms with Gasteiger partial charge < -0.3 is 5.32 Å². The van der Waals surface area contributed by atoms with Crippen molar-refractivity contribution in [2.45, 2.75) is 31.6 Å². The van der Waals surface area contributed by atoms with Crippen molar-refractivity contribution < 1.29 is 8.78 Å². The number of nitrogens with one attached hydrogen (secondary N) is 1. The molecule has 2 aliphatic carbocycles. The van der Waals surface area contributed by atoms with Crippen LogP contribution >= 0.6 is 0 Å². The Morgan fingerprint density at radius 1 is 1.13 bits per heavy atom. The summed E-state index contributed by atoms with van der Waals surface area (Å²) in [7, 11) is 0. The van der Waals surface area contributed by atoms with Crippen molar-refractivity contribution in [2.75, 3.05) is 13.1 Å². The predicted octanol–water partition coefficient (Wildman–Crippen LogP) is 4.57. The van der Waals surface area contributed by atoms with Gasteiger partial charge in [0.15, 0.2) is 0 Å². The average Bonchev–Trinajstić information content (AvgIpc) is 2.72. The minimum Gasteiger partial charge on any atom is -0.316 e. The number of fused-ring (bicyclic) bond motifs is 2. The SMILES string of the molecule is FC1=CC=C2C(=CCc3cc(F)ccc3C2C2CCCNC2)C1. The lowest BCUT2D eigenvalue weighted by Gasteiger charge is -2.34. The zero-order valence-electron chi connectivity index (χ0n) is 13.1. The van der Waals surface area contributed by atoms with Gasteiger partial charge in [0.1, 0.15) is 11.6 Å². The number of rotatable bonds is 1. The van der Waals surface area contributed by atoms with E-state index in [4.69, 9.17) is 0 Å². The van der Waals surface area contributed by atoms with Crippen LogP contribution in [0.3, 0.4) is 0 Å². The molecule has 3 heteroatoms. The Balaban J connectivity index is 1.84. The number of benzene rings is 1. The van der Waals surface area contributed by atoms with Crippen molar-refractivity contribution in [1.82, 2.24) is 5.32 Å². The first kappa shape index (κ1) is 14.8. The Hall–Kier alpha value is -1.74. The standard InChI is InChI=1S/C20H21F2N/c21-16-5-7-18-13(10-16)3-4-14-11-17(22)6-8-19(14)20(18)15-2-1-9-23-12-15/h3,5-8,11,15,20,23H,1-2,4,9-10,12H2. The van der Waals surface area contributed by atoms with Gasteiger partial charge in [0.05, 0.1) is 0 Å². The molecular weight excluding hydrogens is 292 g/mol. The fourth-order valence-electron chi connectivity index (χ4n) is 4.25. The lowest BCUT2D eigenvalue weighted by molar-refractivity contribution is 0.343. The molecule has 1 fully saturated rings. The molecule has 0 bridgehead atoms. The van der Waals surface area contributed by atoms with Gasteiger partial charge >= 0.3 is 0 Å². The maximum atomic E-state index is 13.8. The molecule has 2 atom stereocenters. The fraction of sp³-hybridized carbons (Fsp3) is 0.400. The molecule has 2 unspecified atom stereocenters. The van der Waals surface area contributed by atoms with E-state index in [1.165, 1.54) is 11.1 Å². The Morgan fingerprint density at radius 3 is 2.87 bits per heavy atom. The molecule has 1 N–H and O–H groups in total. The van der Waals surface area contributed by atoms with E-state index in [-0.39, 0.29) is 17.6 Å². The maximum Gasteiger partial charge on any atom is 0.123 e. The average molecular weight is 313 g/mol. The molecular formula is C20H21F2N. The van der Waals surface area contributed by atoms with Crippen molar-refractivity contribution in [3.63, 3.8) is 0 Å². The van der Waals surface area contributed by atoms with Gasteiger partial charge in [-0.2, -0.15) is 0 Å². The molecule has 0 saturated carbocycles. The van der Waals surface area contributed by atoms with E-state index in [1.54, 1.807) is 18.2 Å². The van der Waals surface area contributed by atoms with Crippen molar-refractivity contribution in [2.24, 2.45) is 5.92 Å². The Kier molecular flexibility index (Phi) is 3.90. The lowest BCUT2D eigenvalue weighted by Crippen LogP contribution is -2.34. The number of allylic oxidation sites excluding steroid dienone is 6. The lowest BCUT2D eigenvalue weighted by atomic mass is 9.73. The van der Waals surface area contributed by atoms with Crippen molar-refractivity contribution in [3.8, 4) is 0 Å². The molecule has 1 aromatic carbocycles. The topological polar surface area (TPSA) is 12.0 Å². The third kappa shape index (κ3) is 2.78. The Bertz CT molecular complexity index is 708. The number of hydrogen-bond acceptors (Lipinski definition) is 1. The van der Waals surface area contributed by atoms with Gasteiger partial charge in [0, 0.05) is 12.3 Å². The van der Waals surface area contributed by atoms with Crippen LogP contribution in [0.15, 0.2) is 53.4 Å². The minimum absolute atomic E-state index is 0.0855. The highest BCUT2D eigenvalue weighted by Crippen LogP contribution is 2.45. The first-order valence-electron chi connectivity index (χ1n) is 8.47. The molecule has 0 spiro atoms. The molecule has 1 nitrogen and oxygen atoms in total. The molecule has 120 valence electrons. The maximum absolute atomic E-state index is 13.8. The second-order valence-electron chi connectivity index (χ2n) is 6.77. The van der Waals surface area contributed by atoms with Gasteiger partial charge in [-0.15, -0.1) is 0 Å². The van der Waals surface area contributed by atoms with Gasteiger partial charge in [-0.1, -0.05) is 18.2 Å². The summed E-state index contributed by atoms with van der Waals surface area (Å²) < 4.78 is 27.5. The van der Waals surface area contributed by atoms with Crippen LogP contribution in [0.1, 0.15) is 36.3 Å². The van der Waals surface area contributed by atoms with Gasteiger partial charge in [0.2, 0.25) is 0 Å². The third-order valence-corrected chi connectivity index (χ3v) is 5.32. The normalized spacial score (nSPS) is 27.1. The van der Waals surface area contributed by atoms with Gasteiger partial charge in [-0.05, 0) is 78.8 Å². The molecule has 0 aromatic heterocycles. The van der Waals surface area contributed by atoms with Crippen LogP contribution < -0.4 is 5.32 Å². The second-order valence-corrected chi connectivity index (χ2v) is 6.77. The van der Waals surface area contributed by atoms with Crippen LogP contribution in [0.25, 0.3) is 0 Å². The molecule has 4 rings (SSSR count).